The van der Waals surface area contributed by atoms with Crippen molar-refractivity contribution in [2.24, 2.45) is 0 Å². The topological polar surface area (TPSA) is 44.4 Å². The second-order valence-corrected chi connectivity index (χ2v) is 5.85. The third-order valence-electron chi connectivity index (χ3n) is 4.66. The highest BCUT2D eigenvalue weighted by Gasteiger charge is 2.37. The minimum Gasteiger partial charge on any atom is -0.329 e. The van der Waals surface area contributed by atoms with Gasteiger partial charge in [-0.05, 0) is 36.0 Å². The Morgan fingerprint density at radius 1 is 1.16 bits per heavy atom. The maximum absolute atomic E-state index is 12.0. The molecule has 4 nitrogen and oxygen atoms in total. The summed E-state index contributed by atoms with van der Waals surface area (Å²) in [6.07, 6.45) is 3.68. The number of aryl methyl sites for hydroxylation is 2. The molecule has 0 radical (unpaired) electrons. The quantitative estimate of drug-likeness (QED) is 0.836. The summed E-state index contributed by atoms with van der Waals surface area (Å²) in [4.78, 5) is 14.0. The molecule has 3 aliphatic rings. The fourth-order valence-electron chi connectivity index (χ4n) is 3.36. The largest absolute Gasteiger partial charge is 0.329 e. The van der Waals surface area contributed by atoms with E-state index in [2.05, 4.69) is 28.8 Å². The average Bonchev–Trinajstić information content (AvgIpc) is 2.93. The van der Waals surface area contributed by atoms with E-state index in [1.165, 1.54) is 36.0 Å². The van der Waals surface area contributed by atoms with E-state index in [0.29, 0.717) is 6.04 Å². The number of benzene rings is 1. The standard InChI is InChI=1S/C15H19N3O/c19-15-17-14(9-18(15)13-7-16-8-13)12-5-4-10-2-1-3-11(10)6-12/h4-6,13-14,16H,1-3,7-9H2,(H,17,19). The Hall–Kier alpha value is -1.55. The summed E-state index contributed by atoms with van der Waals surface area (Å²) in [6.45, 7) is 2.68. The first kappa shape index (κ1) is 11.3. The molecule has 2 aliphatic heterocycles. The molecule has 1 atom stereocenters. The Bertz CT molecular complexity index is 524. The van der Waals surface area contributed by atoms with E-state index in [0.717, 1.165) is 19.6 Å². The molecule has 1 aliphatic carbocycles. The minimum atomic E-state index is 0.0944. The van der Waals surface area contributed by atoms with Crippen molar-refractivity contribution in [3.8, 4) is 0 Å². The van der Waals surface area contributed by atoms with Crippen LogP contribution >= 0.6 is 0 Å². The Balaban J connectivity index is 1.55. The maximum Gasteiger partial charge on any atom is 0.318 e. The van der Waals surface area contributed by atoms with E-state index < -0.39 is 0 Å². The second kappa shape index (κ2) is 4.23. The highest BCUT2D eigenvalue weighted by Crippen LogP contribution is 2.28. The summed E-state index contributed by atoms with van der Waals surface area (Å²) in [5.41, 5.74) is 4.24. The van der Waals surface area contributed by atoms with Crippen molar-refractivity contribution >= 4 is 6.03 Å². The lowest BCUT2D eigenvalue weighted by Gasteiger charge is -2.34. The van der Waals surface area contributed by atoms with Crippen LogP contribution in [0.5, 0.6) is 0 Å². The molecule has 1 unspecified atom stereocenters. The lowest BCUT2D eigenvalue weighted by molar-refractivity contribution is 0.172. The Morgan fingerprint density at radius 2 is 2.00 bits per heavy atom. The highest BCUT2D eigenvalue weighted by atomic mass is 16.2. The van der Waals surface area contributed by atoms with Gasteiger partial charge in [-0.3, -0.25) is 0 Å². The molecule has 2 saturated heterocycles. The van der Waals surface area contributed by atoms with Gasteiger partial charge in [-0.25, -0.2) is 4.79 Å². The third kappa shape index (κ3) is 1.82. The van der Waals surface area contributed by atoms with Crippen LogP contribution in [0.25, 0.3) is 0 Å². The number of nitrogens with zero attached hydrogens (tertiary/aromatic N) is 1. The zero-order valence-corrected chi connectivity index (χ0v) is 11.0. The van der Waals surface area contributed by atoms with Crippen LogP contribution in [0.4, 0.5) is 4.79 Å². The van der Waals surface area contributed by atoms with Gasteiger partial charge in [-0.15, -0.1) is 0 Å². The molecule has 1 aromatic carbocycles. The molecular weight excluding hydrogens is 238 g/mol. The molecule has 0 spiro atoms. The first-order valence-electron chi connectivity index (χ1n) is 7.21. The molecule has 4 heteroatoms. The molecule has 100 valence electrons. The zero-order valence-electron chi connectivity index (χ0n) is 11.0. The number of carbonyl (C=O) groups excluding carboxylic acids is 1. The fourth-order valence-corrected chi connectivity index (χ4v) is 3.36. The molecule has 0 saturated carbocycles. The lowest BCUT2D eigenvalue weighted by atomic mass is 10.0. The van der Waals surface area contributed by atoms with Crippen LogP contribution in [0.3, 0.4) is 0 Å². The van der Waals surface area contributed by atoms with E-state index in [1.54, 1.807) is 0 Å². The molecule has 4 rings (SSSR count). The maximum atomic E-state index is 12.0. The third-order valence-corrected chi connectivity index (χ3v) is 4.66. The van der Waals surface area contributed by atoms with Gasteiger partial charge < -0.3 is 15.5 Å². The van der Waals surface area contributed by atoms with Crippen molar-refractivity contribution in [3.63, 3.8) is 0 Å². The molecular formula is C15H19N3O. The van der Waals surface area contributed by atoms with Crippen molar-refractivity contribution in [3.05, 3.63) is 34.9 Å². The van der Waals surface area contributed by atoms with Gasteiger partial charge >= 0.3 is 6.03 Å². The zero-order chi connectivity index (χ0) is 12.8. The molecule has 1 aromatic rings. The normalized spacial score (nSPS) is 26.2. The monoisotopic (exact) mass is 257 g/mol. The van der Waals surface area contributed by atoms with Gasteiger partial charge in [0.05, 0.1) is 12.1 Å². The number of fused-ring (bicyclic) bond motifs is 1. The number of amides is 2. The van der Waals surface area contributed by atoms with Crippen molar-refractivity contribution in [1.29, 1.82) is 0 Å². The summed E-state index contributed by atoms with van der Waals surface area (Å²) in [5.74, 6) is 0. The summed E-state index contributed by atoms with van der Waals surface area (Å²) < 4.78 is 0. The van der Waals surface area contributed by atoms with Gasteiger partial charge in [-0.2, -0.15) is 0 Å². The van der Waals surface area contributed by atoms with Crippen molar-refractivity contribution in [2.45, 2.75) is 31.3 Å². The fraction of sp³-hybridized carbons (Fsp3) is 0.533. The molecule has 19 heavy (non-hydrogen) atoms. The predicted molar refractivity (Wildman–Crippen MR) is 73.1 cm³/mol. The molecule has 2 fully saturated rings. The summed E-state index contributed by atoms with van der Waals surface area (Å²) in [6, 6.07) is 7.39. The van der Waals surface area contributed by atoms with Gasteiger partial charge in [0, 0.05) is 19.6 Å². The SMILES string of the molecule is O=C1NC(c2ccc3c(c2)CCC3)CN1C1CNC1. The van der Waals surface area contributed by atoms with Crippen LogP contribution in [0.15, 0.2) is 18.2 Å². The molecule has 2 heterocycles. The van der Waals surface area contributed by atoms with Crippen molar-refractivity contribution < 1.29 is 4.79 Å². The van der Waals surface area contributed by atoms with Crippen LogP contribution in [-0.2, 0) is 12.8 Å². The van der Waals surface area contributed by atoms with Gasteiger partial charge in [-0.1, -0.05) is 18.2 Å². The number of hydrogen-bond donors (Lipinski definition) is 2. The van der Waals surface area contributed by atoms with E-state index in [9.17, 15) is 4.79 Å². The second-order valence-electron chi connectivity index (χ2n) is 5.85. The van der Waals surface area contributed by atoms with Crippen molar-refractivity contribution in [1.82, 2.24) is 15.5 Å². The first-order valence-corrected chi connectivity index (χ1v) is 7.21. The first-order chi connectivity index (χ1) is 9.31. The van der Waals surface area contributed by atoms with Gasteiger partial charge in [0.2, 0.25) is 0 Å². The van der Waals surface area contributed by atoms with Gasteiger partial charge in [0.1, 0.15) is 0 Å². The number of urea groups is 1. The van der Waals surface area contributed by atoms with Crippen LogP contribution < -0.4 is 10.6 Å². The number of rotatable bonds is 2. The van der Waals surface area contributed by atoms with Crippen molar-refractivity contribution in [2.75, 3.05) is 19.6 Å². The molecule has 0 bridgehead atoms. The van der Waals surface area contributed by atoms with Crippen LogP contribution in [0, 0.1) is 0 Å². The minimum absolute atomic E-state index is 0.0944. The van der Waals surface area contributed by atoms with E-state index in [4.69, 9.17) is 0 Å². The smallest absolute Gasteiger partial charge is 0.318 e. The van der Waals surface area contributed by atoms with E-state index in [1.807, 2.05) is 4.90 Å². The molecule has 2 amide bonds. The lowest BCUT2D eigenvalue weighted by Crippen LogP contribution is -2.57. The summed E-state index contributed by atoms with van der Waals surface area (Å²) >= 11 is 0. The number of hydrogen-bond acceptors (Lipinski definition) is 2. The Kier molecular flexibility index (Phi) is 2.52. The van der Waals surface area contributed by atoms with E-state index >= 15 is 0 Å². The van der Waals surface area contributed by atoms with Crippen LogP contribution in [0.2, 0.25) is 0 Å². The Morgan fingerprint density at radius 3 is 2.79 bits per heavy atom. The average molecular weight is 257 g/mol. The summed E-state index contributed by atoms with van der Waals surface area (Å²) in [7, 11) is 0. The predicted octanol–water partition coefficient (Wildman–Crippen LogP) is 1.21. The number of nitrogens with one attached hydrogen (secondary N) is 2. The Labute approximate surface area is 113 Å². The van der Waals surface area contributed by atoms with Gasteiger partial charge in [0.15, 0.2) is 0 Å². The number of carbonyl (C=O) groups is 1. The van der Waals surface area contributed by atoms with Crippen LogP contribution in [-0.4, -0.2) is 36.6 Å². The summed E-state index contributed by atoms with van der Waals surface area (Å²) in [5, 5.41) is 6.35. The van der Waals surface area contributed by atoms with Gasteiger partial charge in [0.25, 0.3) is 0 Å². The van der Waals surface area contributed by atoms with Crippen LogP contribution in [0.1, 0.15) is 29.2 Å². The molecule has 2 N–H and O–H groups in total. The highest BCUT2D eigenvalue weighted by molar-refractivity contribution is 5.78. The molecule has 0 aromatic heterocycles. The van der Waals surface area contributed by atoms with E-state index in [-0.39, 0.29) is 12.1 Å².